The van der Waals surface area contributed by atoms with Crippen LogP contribution in [0, 0.1) is 0 Å². The number of rotatable bonds is 11. The van der Waals surface area contributed by atoms with Crippen molar-refractivity contribution in [3.63, 3.8) is 0 Å². The monoisotopic (exact) mass is 570 g/mol. The summed E-state index contributed by atoms with van der Waals surface area (Å²) in [5, 5.41) is 0. The van der Waals surface area contributed by atoms with Crippen molar-refractivity contribution in [2.24, 2.45) is 0 Å². The molecule has 9 heteroatoms. The lowest BCUT2D eigenvalue weighted by Crippen LogP contribution is -2.08. The summed E-state index contributed by atoms with van der Waals surface area (Å²) in [6, 6.07) is 15.2. The number of hydrogen-bond donors (Lipinski definition) is 0. The van der Waals surface area contributed by atoms with Crippen molar-refractivity contribution in [2.45, 2.75) is 13.8 Å². The number of benzene rings is 2. The first-order chi connectivity index (χ1) is 13.9. The van der Waals surface area contributed by atoms with E-state index >= 15 is 0 Å². The fourth-order valence-corrected chi connectivity index (χ4v) is 4.37. The molecule has 0 saturated heterocycles. The molecule has 2 aromatic rings. The van der Waals surface area contributed by atoms with Crippen LogP contribution >= 0.6 is 51.1 Å². The third kappa shape index (κ3) is 12.0. The van der Waals surface area contributed by atoms with Gasteiger partial charge in [0.25, 0.3) is 0 Å². The van der Waals surface area contributed by atoms with Gasteiger partial charge in [-0.15, -0.1) is 11.6 Å². The highest BCUT2D eigenvalue weighted by atomic mass is 79.9. The predicted octanol–water partition coefficient (Wildman–Crippen LogP) is 7.16. The van der Waals surface area contributed by atoms with Gasteiger partial charge in [-0.05, 0) is 50.2 Å². The van der Waals surface area contributed by atoms with E-state index in [2.05, 4.69) is 31.9 Å². The van der Waals surface area contributed by atoms with Gasteiger partial charge in [0, 0.05) is 8.95 Å². The standard InChI is InChI=1S/C12H18BrO4P.C8H8BrClO/c1-3-16-18(14,17-4-2)9-8-15-12-7-5-6-11(13)10-12;9-7-2-1-3-8(6-7)11-5-4-10/h5-7,10H,3-4,8-9H2,1-2H3;1-3,6H,4-5H2. The van der Waals surface area contributed by atoms with Crippen molar-refractivity contribution in [1.29, 1.82) is 0 Å². The Morgan fingerprint density at radius 2 is 1.34 bits per heavy atom. The van der Waals surface area contributed by atoms with E-state index < -0.39 is 7.60 Å². The normalized spacial score (nSPS) is 10.8. The molecule has 0 saturated carbocycles. The third-order valence-corrected chi connectivity index (χ3v) is 6.40. The summed E-state index contributed by atoms with van der Waals surface area (Å²) in [6.07, 6.45) is 0.251. The highest BCUT2D eigenvalue weighted by Gasteiger charge is 2.23. The quantitative estimate of drug-likeness (QED) is 0.211. The van der Waals surface area contributed by atoms with Crippen molar-refractivity contribution in [2.75, 3.05) is 38.5 Å². The van der Waals surface area contributed by atoms with Crippen LogP contribution < -0.4 is 9.47 Å². The smallest absolute Gasteiger partial charge is 0.334 e. The van der Waals surface area contributed by atoms with Crippen molar-refractivity contribution in [3.05, 3.63) is 57.5 Å². The van der Waals surface area contributed by atoms with E-state index in [1.54, 1.807) is 13.8 Å². The minimum absolute atomic E-state index is 0.251. The maximum atomic E-state index is 12.1. The van der Waals surface area contributed by atoms with Gasteiger partial charge in [0.2, 0.25) is 0 Å². The van der Waals surface area contributed by atoms with Crippen molar-refractivity contribution in [1.82, 2.24) is 0 Å². The van der Waals surface area contributed by atoms with E-state index in [1.807, 2.05) is 48.5 Å². The second kappa shape index (κ2) is 15.3. The Kier molecular flexibility index (Phi) is 13.9. The first-order valence-electron chi connectivity index (χ1n) is 9.13. The summed E-state index contributed by atoms with van der Waals surface area (Å²) >= 11 is 12.2. The molecule has 0 N–H and O–H groups in total. The highest BCUT2D eigenvalue weighted by Crippen LogP contribution is 2.47. The molecule has 162 valence electrons. The molecule has 0 radical (unpaired) electrons. The third-order valence-electron chi connectivity index (χ3n) is 3.22. The fraction of sp³-hybridized carbons (Fsp3) is 0.400. The number of hydrogen-bond acceptors (Lipinski definition) is 5. The van der Waals surface area contributed by atoms with Crippen LogP contribution in [0.2, 0.25) is 0 Å². The molecule has 5 nitrogen and oxygen atoms in total. The van der Waals surface area contributed by atoms with Gasteiger partial charge in [-0.25, -0.2) is 0 Å². The van der Waals surface area contributed by atoms with Gasteiger partial charge >= 0.3 is 7.60 Å². The molecule has 29 heavy (non-hydrogen) atoms. The average Bonchev–Trinajstić information content (AvgIpc) is 2.67. The molecule has 2 aromatic carbocycles. The van der Waals surface area contributed by atoms with Gasteiger partial charge < -0.3 is 18.5 Å². The summed E-state index contributed by atoms with van der Waals surface area (Å²) in [4.78, 5) is 0. The molecule has 0 atom stereocenters. The maximum Gasteiger partial charge on any atom is 0.334 e. The Balaban J connectivity index is 0.000000326. The van der Waals surface area contributed by atoms with E-state index in [1.165, 1.54) is 0 Å². The molecule has 0 aromatic heterocycles. The van der Waals surface area contributed by atoms with Crippen LogP contribution in [0.5, 0.6) is 11.5 Å². The van der Waals surface area contributed by atoms with Crippen LogP contribution in [-0.4, -0.2) is 38.5 Å². The molecule has 0 fully saturated rings. The summed E-state index contributed by atoms with van der Waals surface area (Å²) in [5.74, 6) is 2.09. The van der Waals surface area contributed by atoms with E-state index in [-0.39, 0.29) is 6.16 Å². The minimum atomic E-state index is -3.00. The first-order valence-corrected chi connectivity index (χ1v) is 13.0. The second-order valence-electron chi connectivity index (χ2n) is 5.47. The molecule has 0 bridgehead atoms. The van der Waals surface area contributed by atoms with Gasteiger partial charge in [-0.3, -0.25) is 4.57 Å². The largest absolute Gasteiger partial charge is 0.493 e. The molecule has 0 unspecified atom stereocenters. The van der Waals surface area contributed by atoms with Crippen molar-refractivity contribution < 1.29 is 23.1 Å². The van der Waals surface area contributed by atoms with Crippen LogP contribution in [0.25, 0.3) is 0 Å². The summed E-state index contributed by atoms with van der Waals surface area (Å²) < 4.78 is 35.2. The van der Waals surface area contributed by atoms with Crippen LogP contribution in [0.15, 0.2) is 57.5 Å². The molecule has 0 amide bonds. The molecule has 0 spiro atoms. The van der Waals surface area contributed by atoms with E-state index in [9.17, 15) is 4.57 Å². The van der Waals surface area contributed by atoms with E-state index in [0.29, 0.717) is 32.3 Å². The lowest BCUT2D eigenvalue weighted by Gasteiger charge is -2.17. The zero-order valence-electron chi connectivity index (χ0n) is 16.5. The SMILES string of the molecule is CCOP(=O)(CCOc1cccc(Br)c1)OCC.ClCCOc1cccc(Br)c1. The van der Waals surface area contributed by atoms with Crippen molar-refractivity contribution in [3.8, 4) is 11.5 Å². The Bertz CT molecular complexity index is 753. The Hall–Kier alpha value is -0.560. The molecule has 0 heterocycles. The zero-order valence-corrected chi connectivity index (χ0v) is 21.3. The number of ether oxygens (including phenoxy) is 2. The lowest BCUT2D eigenvalue weighted by molar-refractivity contribution is 0.213. The number of halogens is 3. The highest BCUT2D eigenvalue weighted by molar-refractivity contribution is 9.10. The molecule has 2 rings (SSSR count). The summed E-state index contributed by atoms with van der Waals surface area (Å²) in [7, 11) is -3.00. The first kappa shape index (κ1) is 26.5. The van der Waals surface area contributed by atoms with Crippen molar-refractivity contribution >= 4 is 51.1 Å². The lowest BCUT2D eigenvalue weighted by atomic mass is 10.3. The summed E-state index contributed by atoms with van der Waals surface area (Å²) in [6.45, 7) is 5.18. The van der Waals surface area contributed by atoms with E-state index in [4.69, 9.17) is 30.1 Å². The molecule has 0 aliphatic heterocycles. The van der Waals surface area contributed by atoms with Crippen LogP contribution in [-0.2, 0) is 13.6 Å². The molecule has 0 aliphatic carbocycles. The maximum absolute atomic E-state index is 12.1. The van der Waals surface area contributed by atoms with Gasteiger partial charge in [-0.1, -0.05) is 44.0 Å². The Morgan fingerprint density at radius 1 is 0.862 bits per heavy atom. The van der Waals surface area contributed by atoms with Gasteiger partial charge in [0.1, 0.15) is 18.1 Å². The number of alkyl halides is 1. The molecule has 0 aliphatic rings. The topological polar surface area (TPSA) is 54.0 Å². The Labute approximate surface area is 194 Å². The molecular weight excluding hydrogens is 546 g/mol. The van der Waals surface area contributed by atoms with Gasteiger partial charge in [0.05, 0.1) is 31.9 Å². The van der Waals surface area contributed by atoms with Gasteiger partial charge in [-0.2, -0.15) is 0 Å². The summed E-state index contributed by atoms with van der Waals surface area (Å²) in [5.41, 5.74) is 0. The predicted molar refractivity (Wildman–Crippen MR) is 126 cm³/mol. The van der Waals surface area contributed by atoms with Crippen LogP contribution in [0.3, 0.4) is 0 Å². The minimum Gasteiger partial charge on any atom is -0.493 e. The fourth-order valence-electron chi connectivity index (χ4n) is 2.11. The van der Waals surface area contributed by atoms with Crippen LogP contribution in [0.4, 0.5) is 0 Å². The molecular formula is C20H26Br2ClO5P. The van der Waals surface area contributed by atoms with Crippen LogP contribution in [0.1, 0.15) is 13.8 Å². The second-order valence-corrected chi connectivity index (χ2v) is 9.87. The Morgan fingerprint density at radius 3 is 1.76 bits per heavy atom. The average molecular weight is 573 g/mol. The van der Waals surface area contributed by atoms with E-state index in [0.717, 1.165) is 20.4 Å². The van der Waals surface area contributed by atoms with Gasteiger partial charge in [0.15, 0.2) is 0 Å². The zero-order chi connectivity index (χ0) is 21.5.